The van der Waals surface area contributed by atoms with E-state index in [2.05, 4.69) is 5.10 Å². The van der Waals surface area contributed by atoms with Crippen LogP contribution in [0.3, 0.4) is 0 Å². The number of amides is 2. The van der Waals surface area contributed by atoms with E-state index in [4.69, 9.17) is 16.3 Å². The summed E-state index contributed by atoms with van der Waals surface area (Å²) >= 11 is 6.28. The Hall–Kier alpha value is -2.18. The molecule has 4 atom stereocenters. The number of carbonyl (C=O) groups is 2. The number of rotatable bonds is 3. The maximum Gasteiger partial charge on any atom is 0.240 e. The molecule has 3 aliphatic heterocycles. The first-order valence-electron chi connectivity index (χ1n) is 9.28. The van der Waals surface area contributed by atoms with Crippen molar-refractivity contribution >= 4 is 29.1 Å². The van der Waals surface area contributed by atoms with Gasteiger partial charge in [0.1, 0.15) is 0 Å². The number of imide groups is 1. The maximum atomic E-state index is 13.1. The predicted octanol–water partition coefficient (Wildman–Crippen LogP) is 2.87. The smallest absolute Gasteiger partial charge is 0.240 e. The second kappa shape index (κ2) is 5.91. The number of hydrogen-bond acceptors (Lipinski definition) is 4. The van der Waals surface area contributed by atoms with Gasteiger partial charge >= 0.3 is 0 Å². The molecule has 3 saturated heterocycles. The van der Waals surface area contributed by atoms with Crippen LogP contribution in [0.2, 0.25) is 5.02 Å². The Labute approximate surface area is 162 Å². The van der Waals surface area contributed by atoms with Crippen molar-refractivity contribution in [2.24, 2.45) is 11.8 Å². The van der Waals surface area contributed by atoms with Crippen LogP contribution < -0.4 is 4.90 Å². The lowest BCUT2D eigenvalue weighted by molar-refractivity contribution is -0.124. The number of hydrogen-bond donors (Lipinski definition) is 0. The summed E-state index contributed by atoms with van der Waals surface area (Å²) in [4.78, 5) is 27.5. The number of fused-ring (bicyclic) bond motifs is 5. The van der Waals surface area contributed by atoms with E-state index in [0.717, 1.165) is 24.1 Å². The molecule has 27 heavy (non-hydrogen) atoms. The minimum Gasteiger partial charge on any atom is -0.373 e. The summed E-state index contributed by atoms with van der Waals surface area (Å²) in [7, 11) is 0. The zero-order chi connectivity index (χ0) is 18.9. The standard InChI is InChI=1S/C20H20ClN3O3/c1-10-18(11(2)23(22-10)9-12-5-3-4-6-13(12)21)24-19(25)16-14-7-8-15(27-14)17(16)20(24)26/h3-6,14-17H,7-9H2,1-2H3/t14-,15-,16-,17+/m1/s1. The van der Waals surface area contributed by atoms with Crippen LogP contribution in [-0.4, -0.2) is 33.8 Å². The van der Waals surface area contributed by atoms with Crippen LogP contribution in [0.5, 0.6) is 0 Å². The summed E-state index contributed by atoms with van der Waals surface area (Å²) < 4.78 is 7.63. The van der Waals surface area contributed by atoms with Crippen LogP contribution in [0.15, 0.2) is 24.3 Å². The van der Waals surface area contributed by atoms with Gasteiger partial charge in [0.15, 0.2) is 0 Å². The van der Waals surface area contributed by atoms with E-state index in [1.807, 2.05) is 42.8 Å². The van der Waals surface area contributed by atoms with Gasteiger partial charge in [0.05, 0.1) is 47.7 Å². The molecule has 7 heteroatoms. The summed E-state index contributed by atoms with van der Waals surface area (Å²) in [6.07, 6.45) is 1.51. The van der Waals surface area contributed by atoms with Crippen molar-refractivity contribution in [1.29, 1.82) is 0 Å². The van der Waals surface area contributed by atoms with Gasteiger partial charge in [0.2, 0.25) is 11.8 Å². The van der Waals surface area contributed by atoms with Crippen LogP contribution in [-0.2, 0) is 20.9 Å². The fraction of sp³-hybridized carbons (Fsp3) is 0.450. The fourth-order valence-corrected chi connectivity index (χ4v) is 5.08. The van der Waals surface area contributed by atoms with E-state index < -0.39 is 0 Å². The molecule has 2 aromatic rings. The zero-order valence-corrected chi connectivity index (χ0v) is 15.9. The second-order valence-corrected chi connectivity index (χ2v) is 8.03. The van der Waals surface area contributed by atoms with Crippen LogP contribution in [0, 0.1) is 25.7 Å². The van der Waals surface area contributed by atoms with Gasteiger partial charge in [0.25, 0.3) is 0 Å². The topological polar surface area (TPSA) is 64.4 Å². The summed E-state index contributed by atoms with van der Waals surface area (Å²) in [5.74, 6) is -0.940. The van der Waals surface area contributed by atoms with Crippen molar-refractivity contribution in [2.75, 3.05) is 4.90 Å². The van der Waals surface area contributed by atoms with Gasteiger partial charge in [-0.2, -0.15) is 5.10 Å². The van der Waals surface area contributed by atoms with Gasteiger partial charge < -0.3 is 4.74 Å². The monoisotopic (exact) mass is 385 g/mol. The van der Waals surface area contributed by atoms with E-state index in [1.54, 1.807) is 0 Å². The van der Waals surface area contributed by atoms with Crippen LogP contribution >= 0.6 is 11.6 Å². The van der Waals surface area contributed by atoms with E-state index in [0.29, 0.717) is 22.9 Å². The number of aromatic nitrogens is 2. The van der Waals surface area contributed by atoms with Crippen LogP contribution in [0.1, 0.15) is 29.8 Å². The Morgan fingerprint density at radius 3 is 2.37 bits per heavy atom. The summed E-state index contributed by atoms with van der Waals surface area (Å²) in [6, 6.07) is 7.60. The van der Waals surface area contributed by atoms with Crippen LogP contribution in [0.4, 0.5) is 5.69 Å². The SMILES string of the molecule is Cc1nn(Cc2ccccc2Cl)c(C)c1N1C(=O)[C@@H]2[C@H](C1=O)[C@H]1CC[C@H]2O1. The van der Waals surface area contributed by atoms with E-state index in [1.165, 1.54) is 4.90 Å². The lowest BCUT2D eigenvalue weighted by Crippen LogP contribution is -2.35. The molecule has 1 aromatic heterocycles. The normalized spacial score (nSPS) is 29.1. The second-order valence-electron chi connectivity index (χ2n) is 7.62. The molecule has 5 rings (SSSR count). The highest BCUT2D eigenvalue weighted by atomic mass is 35.5. The number of aryl methyl sites for hydroxylation is 1. The minimum atomic E-state index is -0.332. The average molecular weight is 386 g/mol. The molecular weight excluding hydrogens is 366 g/mol. The van der Waals surface area contributed by atoms with E-state index in [-0.39, 0.29) is 35.9 Å². The fourth-order valence-electron chi connectivity index (χ4n) is 4.89. The first kappa shape index (κ1) is 17.0. The maximum absolute atomic E-state index is 13.1. The molecule has 6 nitrogen and oxygen atoms in total. The van der Waals surface area contributed by atoms with E-state index in [9.17, 15) is 9.59 Å². The molecule has 0 saturated carbocycles. The van der Waals surface area contributed by atoms with Gasteiger partial charge in [0, 0.05) is 5.02 Å². The first-order valence-corrected chi connectivity index (χ1v) is 9.66. The van der Waals surface area contributed by atoms with Crippen molar-refractivity contribution in [3.05, 3.63) is 46.2 Å². The molecule has 2 bridgehead atoms. The molecule has 0 spiro atoms. The molecule has 3 fully saturated rings. The Morgan fingerprint density at radius 1 is 1.11 bits per heavy atom. The number of anilines is 1. The highest BCUT2D eigenvalue weighted by Gasteiger charge is 2.63. The third-order valence-electron chi connectivity index (χ3n) is 6.13. The molecule has 0 radical (unpaired) electrons. The van der Waals surface area contributed by atoms with Gasteiger partial charge in [-0.1, -0.05) is 29.8 Å². The molecular formula is C20H20ClN3O3. The number of nitrogens with zero attached hydrogens (tertiary/aromatic N) is 3. The average Bonchev–Trinajstić information content (AvgIpc) is 3.37. The van der Waals surface area contributed by atoms with E-state index >= 15 is 0 Å². The minimum absolute atomic E-state index is 0.111. The lowest BCUT2D eigenvalue weighted by Gasteiger charge is -2.18. The quantitative estimate of drug-likeness (QED) is 0.762. The van der Waals surface area contributed by atoms with Crippen LogP contribution in [0.25, 0.3) is 0 Å². The van der Waals surface area contributed by atoms with Crippen molar-refractivity contribution in [2.45, 2.75) is 45.4 Å². The van der Waals surface area contributed by atoms with Gasteiger partial charge in [-0.3, -0.25) is 14.3 Å². The molecule has 140 valence electrons. The van der Waals surface area contributed by atoms with Crippen molar-refractivity contribution < 1.29 is 14.3 Å². The molecule has 4 heterocycles. The Kier molecular flexibility index (Phi) is 3.71. The lowest BCUT2D eigenvalue weighted by atomic mass is 9.81. The Morgan fingerprint density at radius 2 is 1.74 bits per heavy atom. The number of halogens is 1. The van der Waals surface area contributed by atoms with Gasteiger partial charge in [-0.15, -0.1) is 0 Å². The molecule has 2 amide bonds. The highest BCUT2D eigenvalue weighted by Crippen LogP contribution is 2.50. The highest BCUT2D eigenvalue weighted by molar-refractivity contribution is 6.31. The summed E-state index contributed by atoms with van der Waals surface area (Å²) in [6.45, 7) is 4.22. The Bertz CT molecular complexity index is 941. The number of carbonyl (C=O) groups excluding carboxylic acids is 2. The number of benzene rings is 1. The predicted molar refractivity (Wildman–Crippen MR) is 99.6 cm³/mol. The molecule has 1 aromatic carbocycles. The first-order chi connectivity index (χ1) is 13.0. The van der Waals surface area contributed by atoms with Gasteiger partial charge in [-0.05, 0) is 38.3 Å². The number of ether oxygens (including phenoxy) is 1. The molecule has 3 aliphatic rings. The molecule has 0 N–H and O–H groups in total. The van der Waals surface area contributed by atoms with Crippen molar-refractivity contribution in [3.8, 4) is 0 Å². The third kappa shape index (κ3) is 2.33. The molecule has 0 aliphatic carbocycles. The van der Waals surface area contributed by atoms with Gasteiger partial charge in [-0.25, -0.2) is 4.90 Å². The molecule has 0 unspecified atom stereocenters. The third-order valence-corrected chi connectivity index (χ3v) is 6.50. The summed E-state index contributed by atoms with van der Waals surface area (Å²) in [5.41, 5.74) is 3.03. The summed E-state index contributed by atoms with van der Waals surface area (Å²) in [5, 5.41) is 5.26. The van der Waals surface area contributed by atoms with Crippen molar-refractivity contribution in [1.82, 2.24) is 9.78 Å². The Balaban J connectivity index is 1.51. The largest absolute Gasteiger partial charge is 0.373 e. The zero-order valence-electron chi connectivity index (χ0n) is 15.2. The van der Waals surface area contributed by atoms with Crippen molar-refractivity contribution in [3.63, 3.8) is 0 Å².